The first-order valence-electron chi connectivity index (χ1n) is 11.8. The number of rotatable bonds is 9. The zero-order chi connectivity index (χ0) is 24.6. The first-order valence-corrected chi connectivity index (χ1v) is 13.6. The molecule has 0 spiro atoms. The largest absolute Gasteiger partial charge is 0.368 e. The van der Waals surface area contributed by atoms with Crippen molar-refractivity contribution in [3.63, 3.8) is 0 Å². The molecule has 184 valence electrons. The first-order chi connectivity index (χ1) is 17.0. The standard InChI is InChI=1S/C26H29Cl2N5OS/c1-2-3-11-29-25(34)20-9-7-19(8-10-20)18-35-26-30-23(28)17-24(31-26)33-14-12-32(13-15-33)22-6-4-5-21(27)16-22/h4-10,16-17H,2-3,11-15,18H2,1H3,(H,29,34). The van der Waals surface area contributed by atoms with Crippen LogP contribution in [-0.4, -0.2) is 48.6 Å². The summed E-state index contributed by atoms with van der Waals surface area (Å²) in [5.41, 5.74) is 2.91. The number of piperazine rings is 1. The highest BCUT2D eigenvalue weighted by Crippen LogP contribution is 2.27. The number of anilines is 2. The molecule has 1 aromatic heterocycles. The van der Waals surface area contributed by atoms with Crippen LogP contribution in [0.15, 0.2) is 59.8 Å². The molecule has 0 bridgehead atoms. The van der Waals surface area contributed by atoms with E-state index in [9.17, 15) is 4.79 Å². The van der Waals surface area contributed by atoms with Gasteiger partial charge in [-0.15, -0.1) is 0 Å². The third-order valence-electron chi connectivity index (χ3n) is 5.84. The lowest BCUT2D eigenvalue weighted by molar-refractivity contribution is 0.0953. The number of unbranched alkanes of at least 4 members (excludes halogenated alkanes) is 1. The zero-order valence-electron chi connectivity index (χ0n) is 19.7. The second kappa shape index (κ2) is 12.5. The molecule has 1 aliphatic heterocycles. The van der Waals surface area contributed by atoms with E-state index in [1.165, 1.54) is 11.8 Å². The van der Waals surface area contributed by atoms with Crippen molar-refractivity contribution in [3.05, 3.63) is 75.9 Å². The SMILES string of the molecule is CCCCNC(=O)c1ccc(CSc2nc(Cl)cc(N3CCN(c4cccc(Cl)c4)CC3)n2)cc1. The summed E-state index contributed by atoms with van der Waals surface area (Å²) in [7, 11) is 0. The molecule has 3 aromatic rings. The number of nitrogens with zero attached hydrogens (tertiary/aromatic N) is 4. The Labute approximate surface area is 221 Å². The van der Waals surface area contributed by atoms with E-state index in [0.29, 0.717) is 28.2 Å². The lowest BCUT2D eigenvalue weighted by atomic mass is 10.1. The molecule has 1 amide bonds. The van der Waals surface area contributed by atoms with Crippen LogP contribution in [0.3, 0.4) is 0 Å². The van der Waals surface area contributed by atoms with Gasteiger partial charge in [-0.1, -0.05) is 66.5 Å². The van der Waals surface area contributed by atoms with Crippen molar-refractivity contribution in [2.75, 3.05) is 42.5 Å². The van der Waals surface area contributed by atoms with Gasteiger partial charge in [0.2, 0.25) is 0 Å². The normalized spacial score (nSPS) is 13.7. The Hall–Kier alpha value is -2.48. The molecule has 2 heterocycles. The van der Waals surface area contributed by atoms with Crippen LogP contribution in [0.4, 0.5) is 11.5 Å². The highest BCUT2D eigenvalue weighted by molar-refractivity contribution is 7.98. The van der Waals surface area contributed by atoms with E-state index in [1.54, 1.807) is 0 Å². The predicted molar refractivity (Wildman–Crippen MR) is 146 cm³/mol. The lowest BCUT2D eigenvalue weighted by Crippen LogP contribution is -2.46. The van der Waals surface area contributed by atoms with E-state index in [0.717, 1.165) is 61.1 Å². The van der Waals surface area contributed by atoms with Crippen LogP contribution in [0, 0.1) is 0 Å². The van der Waals surface area contributed by atoms with Crippen LogP contribution in [-0.2, 0) is 5.75 Å². The molecule has 6 nitrogen and oxygen atoms in total. The summed E-state index contributed by atoms with van der Waals surface area (Å²) in [6.45, 7) is 6.24. The topological polar surface area (TPSA) is 61.4 Å². The van der Waals surface area contributed by atoms with Crippen LogP contribution in [0.1, 0.15) is 35.7 Å². The van der Waals surface area contributed by atoms with Crippen LogP contribution in [0.2, 0.25) is 10.2 Å². The quantitative estimate of drug-likeness (QED) is 0.160. The number of halogens is 2. The molecule has 35 heavy (non-hydrogen) atoms. The molecule has 0 aliphatic carbocycles. The summed E-state index contributed by atoms with van der Waals surface area (Å²) in [5.74, 6) is 1.51. The maximum atomic E-state index is 12.2. The van der Waals surface area contributed by atoms with E-state index >= 15 is 0 Å². The highest BCUT2D eigenvalue weighted by atomic mass is 35.5. The third-order valence-corrected chi connectivity index (χ3v) is 7.18. The molecule has 0 radical (unpaired) electrons. The highest BCUT2D eigenvalue weighted by Gasteiger charge is 2.20. The molecule has 0 saturated carbocycles. The monoisotopic (exact) mass is 529 g/mol. The van der Waals surface area contributed by atoms with Crippen molar-refractivity contribution >= 4 is 52.4 Å². The molecule has 0 unspecified atom stereocenters. The van der Waals surface area contributed by atoms with Gasteiger partial charge < -0.3 is 15.1 Å². The molecule has 2 aromatic carbocycles. The average molecular weight is 531 g/mol. The number of carbonyl (C=O) groups excluding carboxylic acids is 1. The molecule has 0 atom stereocenters. The number of amides is 1. The fourth-order valence-corrected chi connectivity index (χ4v) is 5.08. The van der Waals surface area contributed by atoms with Crippen LogP contribution < -0.4 is 15.1 Å². The van der Waals surface area contributed by atoms with Crippen molar-refractivity contribution in [1.82, 2.24) is 15.3 Å². The Morgan fingerprint density at radius 2 is 1.74 bits per heavy atom. The summed E-state index contributed by atoms with van der Waals surface area (Å²) < 4.78 is 0. The molecule has 1 fully saturated rings. The number of benzene rings is 2. The van der Waals surface area contributed by atoms with Crippen molar-refractivity contribution in [2.45, 2.75) is 30.7 Å². The van der Waals surface area contributed by atoms with Crippen LogP contribution in [0.5, 0.6) is 0 Å². The number of hydrogen-bond donors (Lipinski definition) is 1. The molecule has 1 saturated heterocycles. The van der Waals surface area contributed by atoms with Crippen molar-refractivity contribution < 1.29 is 4.79 Å². The van der Waals surface area contributed by atoms with E-state index in [4.69, 9.17) is 28.2 Å². The minimum absolute atomic E-state index is 0.0315. The Morgan fingerprint density at radius 3 is 2.46 bits per heavy atom. The van der Waals surface area contributed by atoms with Gasteiger partial charge in [0, 0.05) is 60.8 Å². The summed E-state index contributed by atoms with van der Waals surface area (Å²) in [5, 5.41) is 4.78. The summed E-state index contributed by atoms with van der Waals surface area (Å²) in [6.07, 6.45) is 2.04. The lowest BCUT2D eigenvalue weighted by Gasteiger charge is -2.36. The number of carbonyl (C=O) groups is 1. The van der Waals surface area contributed by atoms with Gasteiger partial charge in [-0.25, -0.2) is 9.97 Å². The van der Waals surface area contributed by atoms with Crippen molar-refractivity contribution in [3.8, 4) is 0 Å². The second-order valence-corrected chi connectivity index (χ2v) is 10.1. The summed E-state index contributed by atoms with van der Waals surface area (Å²) in [6, 6.07) is 17.5. The minimum atomic E-state index is -0.0315. The van der Waals surface area contributed by atoms with Gasteiger partial charge in [-0.3, -0.25) is 4.79 Å². The van der Waals surface area contributed by atoms with Crippen LogP contribution >= 0.6 is 35.0 Å². The van der Waals surface area contributed by atoms with E-state index in [-0.39, 0.29) is 5.91 Å². The van der Waals surface area contributed by atoms with Gasteiger partial charge in [0.15, 0.2) is 5.16 Å². The fraction of sp³-hybridized carbons (Fsp3) is 0.346. The van der Waals surface area contributed by atoms with E-state index in [2.05, 4.69) is 33.1 Å². The van der Waals surface area contributed by atoms with Gasteiger partial charge in [0.05, 0.1) is 0 Å². The van der Waals surface area contributed by atoms with Crippen molar-refractivity contribution in [2.24, 2.45) is 0 Å². The molecule has 9 heteroatoms. The fourth-order valence-electron chi connectivity index (χ4n) is 3.86. The Kier molecular flexibility index (Phi) is 9.12. The third kappa shape index (κ3) is 7.26. The smallest absolute Gasteiger partial charge is 0.251 e. The van der Waals surface area contributed by atoms with Crippen LogP contribution in [0.25, 0.3) is 0 Å². The van der Waals surface area contributed by atoms with Gasteiger partial charge in [0.1, 0.15) is 11.0 Å². The van der Waals surface area contributed by atoms with Gasteiger partial charge in [-0.2, -0.15) is 0 Å². The molecule has 1 N–H and O–H groups in total. The molecular formula is C26H29Cl2N5OS. The maximum absolute atomic E-state index is 12.2. The van der Waals surface area contributed by atoms with Crippen molar-refractivity contribution in [1.29, 1.82) is 0 Å². The maximum Gasteiger partial charge on any atom is 0.251 e. The summed E-state index contributed by atoms with van der Waals surface area (Å²) in [4.78, 5) is 25.9. The number of thioether (sulfide) groups is 1. The minimum Gasteiger partial charge on any atom is -0.368 e. The Balaban J connectivity index is 1.33. The second-order valence-electron chi connectivity index (χ2n) is 8.38. The molecule has 1 aliphatic rings. The molecular weight excluding hydrogens is 501 g/mol. The first kappa shape index (κ1) is 25.6. The Morgan fingerprint density at radius 1 is 1.00 bits per heavy atom. The molecule has 4 rings (SSSR count). The number of nitrogens with one attached hydrogen (secondary N) is 1. The average Bonchev–Trinajstić information content (AvgIpc) is 2.88. The number of aromatic nitrogens is 2. The van der Waals surface area contributed by atoms with Gasteiger partial charge in [-0.05, 0) is 42.3 Å². The summed E-state index contributed by atoms with van der Waals surface area (Å²) >= 11 is 14.0. The van der Waals surface area contributed by atoms with E-state index < -0.39 is 0 Å². The van der Waals surface area contributed by atoms with Gasteiger partial charge in [0.25, 0.3) is 5.91 Å². The van der Waals surface area contributed by atoms with E-state index in [1.807, 2.05) is 48.5 Å². The van der Waals surface area contributed by atoms with Gasteiger partial charge >= 0.3 is 0 Å². The predicted octanol–water partition coefficient (Wildman–Crippen LogP) is 5.93. The zero-order valence-corrected chi connectivity index (χ0v) is 22.0. The Bertz CT molecular complexity index is 1140. The number of hydrogen-bond acceptors (Lipinski definition) is 6.